The van der Waals surface area contributed by atoms with Gasteiger partial charge in [0.15, 0.2) is 5.78 Å². The van der Waals surface area contributed by atoms with E-state index in [2.05, 4.69) is 5.32 Å². The summed E-state index contributed by atoms with van der Waals surface area (Å²) >= 11 is 0. The van der Waals surface area contributed by atoms with E-state index in [9.17, 15) is 18.8 Å². The zero-order chi connectivity index (χ0) is 23.0. The van der Waals surface area contributed by atoms with Crippen molar-refractivity contribution in [3.05, 3.63) is 58.2 Å². The van der Waals surface area contributed by atoms with Crippen LogP contribution in [-0.2, 0) is 23.9 Å². The monoisotopic (exact) mass is 441 g/mol. The summed E-state index contributed by atoms with van der Waals surface area (Å²) in [5.41, 5.74) is 2.31. The molecule has 170 valence electrons. The first-order valence-electron chi connectivity index (χ1n) is 11.1. The zero-order valence-electron chi connectivity index (χ0n) is 18.6. The fourth-order valence-electron chi connectivity index (χ4n) is 5.19. The second-order valence-corrected chi connectivity index (χ2v) is 8.90. The van der Waals surface area contributed by atoms with Gasteiger partial charge < -0.3 is 14.8 Å². The number of hydrogen-bond acceptors (Lipinski definition) is 6. The molecule has 4 rings (SSSR count). The Morgan fingerprint density at radius 1 is 1.19 bits per heavy atom. The standard InChI is InChI=1S/C25H28FNO5/c1-13-11-18-22(23(28)19(13)24(29)31-3)21(15-7-6-8-16(26)12-15)20(14(2)27-18)25(30)32-17-9-4-5-10-17/h6-8,12-13,17,19,21,27H,4-5,9-11H2,1-3H3/t13-,19-,21+/m0/s1. The minimum Gasteiger partial charge on any atom is -0.468 e. The van der Waals surface area contributed by atoms with Crippen molar-refractivity contribution in [1.82, 2.24) is 5.32 Å². The number of dihydropyridines is 1. The van der Waals surface area contributed by atoms with E-state index in [-0.39, 0.29) is 17.6 Å². The van der Waals surface area contributed by atoms with Crippen LogP contribution in [0.4, 0.5) is 4.39 Å². The highest BCUT2D eigenvalue weighted by molar-refractivity contribution is 6.12. The molecule has 0 amide bonds. The Hall–Kier alpha value is -2.96. The van der Waals surface area contributed by atoms with Gasteiger partial charge in [-0.25, -0.2) is 9.18 Å². The van der Waals surface area contributed by atoms with Crippen molar-refractivity contribution in [2.24, 2.45) is 11.8 Å². The Morgan fingerprint density at radius 3 is 2.56 bits per heavy atom. The largest absolute Gasteiger partial charge is 0.468 e. The number of carbonyl (C=O) groups excluding carboxylic acids is 3. The third kappa shape index (κ3) is 3.96. The van der Waals surface area contributed by atoms with Gasteiger partial charge in [-0.1, -0.05) is 19.1 Å². The molecule has 1 fully saturated rings. The van der Waals surface area contributed by atoms with Gasteiger partial charge in [0.05, 0.1) is 12.7 Å². The average molecular weight is 441 g/mol. The molecule has 0 radical (unpaired) electrons. The molecular weight excluding hydrogens is 413 g/mol. The number of benzene rings is 1. The van der Waals surface area contributed by atoms with Crippen LogP contribution in [0.3, 0.4) is 0 Å². The summed E-state index contributed by atoms with van der Waals surface area (Å²) in [6.45, 7) is 3.59. The summed E-state index contributed by atoms with van der Waals surface area (Å²) < 4.78 is 24.9. The molecular formula is C25H28FNO5. The second-order valence-electron chi connectivity index (χ2n) is 8.90. The van der Waals surface area contributed by atoms with E-state index in [1.165, 1.54) is 19.2 Å². The summed E-state index contributed by atoms with van der Waals surface area (Å²) in [6.07, 6.45) is 3.92. The summed E-state index contributed by atoms with van der Waals surface area (Å²) in [6, 6.07) is 5.89. The fraction of sp³-hybridized carbons (Fsp3) is 0.480. The molecule has 0 aromatic heterocycles. The highest BCUT2D eigenvalue weighted by atomic mass is 19.1. The molecule has 6 nitrogen and oxygen atoms in total. The molecule has 1 aliphatic heterocycles. The number of ketones is 1. The van der Waals surface area contributed by atoms with Crippen LogP contribution in [-0.4, -0.2) is 30.9 Å². The lowest BCUT2D eigenvalue weighted by atomic mass is 9.69. The third-order valence-electron chi connectivity index (χ3n) is 6.72. The van der Waals surface area contributed by atoms with Gasteiger partial charge in [-0.15, -0.1) is 0 Å². The van der Waals surface area contributed by atoms with Crippen LogP contribution >= 0.6 is 0 Å². The number of carbonyl (C=O) groups is 3. The van der Waals surface area contributed by atoms with Gasteiger partial charge in [0.1, 0.15) is 17.8 Å². The molecule has 1 aromatic rings. The highest BCUT2D eigenvalue weighted by Gasteiger charge is 2.47. The number of esters is 2. The van der Waals surface area contributed by atoms with E-state index in [1.807, 2.05) is 6.92 Å². The van der Waals surface area contributed by atoms with Crippen molar-refractivity contribution >= 4 is 17.7 Å². The van der Waals surface area contributed by atoms with Gasteiger partial charge in [-0.3, -0.25) is 9.59 Å². The topological polar surface area (TPSA) is 81.7 Å². The van der Waals surface area contributed by atoms with Crippen LogP contribution in [0.25, 0.3) is 0 Å². The van der Waals surface area contributed by atoms with E-state index in [0.717, 1.165) is 25.7 Å². The minimum absolute atomic E-state index is 0.156. The van der Waals surface area contributed by atoms with Crippen molar-refractivity contribution < 1.29 is 28.2 Å². The van der Waals surface area contributed by atoms with Gasteiger partial charge >= 0.3 is 11.9 Å². The number of halogens is 1. The molecule has 3 atom stereocenters. The van der Waals surface area contributed by atoms with E-state index >= 15 is 0 Å². The maximum absolute atomic E-state index is 14.2. The lowest BCUT2D eigenvalue weighted by Gasteiger charge is -2.38. The summed E-state index contributed by atoms with van der Waals surface area (Å²) in [5.74, 6) is -4.03. The Bertz CT molecular complexity index is 1020. The SMILES string of the molecule is COC(=O)[C@@H]1C(=O)C2=C(C[C@@H]1C)NC(C)=C(C(=O)OC1CCCC1)[C@H]2c1cccc(F)c1. The Morgan fingerprint density at radius 2 is 1.91 bits per heavy atom. The van der Waals surface area contributed by atoms with Crippen LogP contribution < -0.4 is 5.32 Å². The van der Waals surface area contributed by atoms with Gasteiger partial charge in [0.25, 0.3) is 0 Å². The quantitative estimate of drug-likeness (QED) is 0.563. The van der Waals surface area contributed by atoms with Gasteiger partial charge in [-0.05, 0) is 62.6 Å². The van der Waals surface area contributed by atoms with Gasteiger partial charge in [0.2, 0.25) is 0 Å². The first-order chi connectivity index (χ1) is 15.3. The second kappa shape index (κ2) is 8.88. The fourth-order valence-corrected chi connectivity index (χ4v) is 5.19. The van der Waals surface area contributed by atoms with Crippen LogP contribution in [0.5, 0.6) is 0 Å². The van der Waals surface area contributed by atoms with Gasteiger partial charge in [0, 0.05) is 22.9 Å². The predicted octanol–water partition coefficient (Wildman–Crippen LogP) is 3.92. The predicted molar refractivity (Wildman–Crippen MR) is 115 cm³/mol. The smallest absolute Gasteiger partial charge is 0.337 e. The molecule has 0 saturated heterocycles. The zero-order valence-corrected chi connectivity index (χ0v) is 18.6. The Balaban J connectivity index is 1.81. The minimum atomic E-state index is -0.970. The highest BCUT2D eigenvalue weighted by Crippen LogP contribution is 2.45. The first kappa shape index (κ1) is 22.2. The van der Waals surface area contributed by atoms with Gasteiger partial charge in [-0.2, -0.15) is 0 Å². The van der Waals surface area contributed by atoms with Crippen molar-refractivity contribution in [3.8, 4) is 0 Å². The average Bonchev–Trinajstić information content (AvgIpc) is 3.25. The van der Waals surface area contributed by atoms with Crippen molar-refractivity contribution in [2.45, 2.75) is 58.0 Å². The van der Waals surface area contributed by atoms with Crippen LogP contribution in [0.1, 0.15) is 57.4 Å². The van der Waals surface area contributed by atoms with Crippen LogP contribution in [0, 0.1) is 17.7 Å². The first-order valence-corrected chi connectivity index (χ1v) is 11.1. The molecule has 0 spiro atoms. The molecule has 2 aliphatic carbocycles. The maximum Gasteiger partial charge on any atom is 0.337 e. The number of ether oxygens (including phenoxy) is 2. The number of allylic oxidation sites excluding steroid dienone is 3. The van der Waals surface area contributed by atoms with E-state index < -0.39 is 35.4 Å². The number of rotatable bonds is 4. The summed E-state index contributed by atoms with van der Waals surface area (Å²) in [5, 5.41) is 3.22. The number of hydrogen-bond donors (Lipinski definition) is 1. The molecule has 1 heterocycles. The number of methoxy groups -OCH3 is 1. The molecule has 0 bridgehead atoms. The molecule has 3 aliphatic rings. The maximum atomic E-state index is 14.2. The Kier molecular flexibility index (Phi) is 6.17. The van der Waals surface area contributed by atoms with Crippen molar-refractivity contribution in [2.75, 3.05) is 7.11 Å². The lowest BCUT2D eigenvalue weighted by molar-refractivity contribution is -0.151. The number of nitrogens with one attached hydrogen (secondary N) is 1. The van der Waals surface area contributed by atoms with Crippen molar-refractivity contribution in [1.29, 1.82) is 0 Å². The Labute approximate surface area is 186 Å². The molecule has 7 heteroatoms. The molecule has 1 N–H and O–H groups in total. The molecule has 0 unspecified atom stereocenters. The van der Waals surface area contributed by atoms with Crippen molar-refractivity contribution in [3.63, 3.8) is 0 Å². The van der Waals surface area contributed by atoms with E-state index in [0.29, 0.717) is 29.0 Å². The van der Waals surface area contributed by atoms with E-state index in [4.69, 9.17) is 9.47 Å². The van der Waals surface area contributed by atoms with Crippen LogP contribution in [0.15, 0.2) is 46.8 Å². The molecule has 1 saturated carbocycles. The lowest BCUT2D eigenvalue weighted by Crippen LogP contribution is -2.43. The van der Waals surface area contributed by atoms with E-state index in [1.54, 1.807) is 19.1 Å². The number of Topliss-reactive ketones (excluding diaryl/α,β-unsaturated/α-hetero) is 1. The third-order valence-corrected chi connectivity index (χ3v) is 6.72. The molecule has 32 heavy (non-hydrogen) atoms. The summed E-state index contributed by atoms with van der Waals surface area (Å²) in [4.78, 5) is 39.3. The molecule has 1 aromatic carbocycles. The normalized spacial score (nSPS) is 26.0. The summed E-state index contributed by atoms with van der Waals surface area (Å²) in [7, 11) is 1.25. The van der Waals surface area contributed by atoms with Crippen LogP contribution in [0.2, 0.25) is 0 Å².